The van der Waals surface area contributed by atoms with Crippen molar-refractivity contribution in [2.45, 2.75) is 26.2 Å². The minimum atomic E-state index is -0.819. The fourth-order valence-electron chi connectivity index (χ4n) is 2.37. The Morgan fingerprint density at radius 3 is 2.28 bits per heavy atom. The van der Waals surface area contributed by atoms with Gasteiger partial charge in [0.05, 0.1) is 7.11 Å². The van der Waals surface area contributed by atoms with E-state index in [0.29, 0.717) is 31.1 Å². The smallest absolute Gasteiger partial charge is 0.303 e. The highest BCUT2D eigenvalue weighted by Gasteiger charge is 2.07. The number of benzene rings is 2. The minimum absolute atomic E-state index is 0.0859. The molecule has 25 heavy (non-hydrogen) atoms. The number of ether oxygens (including phenoxy) is 3. The van der Waals surface area contributed by atoms with E-state index in [-0.39, 0.29) is 6.42 Å². The first-order valence-electron chi connectivity index (χ1n) is 8.35. The number of hydrogen-bond donors (Lipinski definition) is 1. The van der Waals surface area contributed by atoms with Crippen molar-refractivity contribution in [2.24, 2.45) is 0 Å². The van der Waals surface area contributed by atoms with E-state index in [0.717, 1.165) is 17.7 Å². The Kier molecular flexibility index (Phi) is 7.14. The van der Waals surface area contributed by atoms with Gasteiger partial charge in [0.1, 0.15) is 19.0 Å². The fraction of sp³-hybridized carbons (Fsp3) is 0.350. The largest absolute Gasteiger partial charge is 0.493 e. The van der Waals surface area contributed by atoms with E-state index in [2.05, 4.69) is 6.92 Å². The van der Waals surface area contributed by atoms with Crippen LogP contribution in [0.15, 0.2) is 42.5 Å². The van der Waals surface area contributed by atoms with Crippen molar-refractivity contribution in [3.8, 4) is 17.2 Å². The summed E-state index contributed by atoms with van der Waals surface area (Å²) in [5.74, 6) is 1.20. The van der Waals surface area contributed by atoms with Gasteiger partial charge < -0.3 is 19.3 Å². The monoisotopic (exact) mass is 344 g/mol. The third-order valence-corrected chi connectivity index (χ3v) is 3.80. The maximum atomic E-state index is 10.7. The Labute approximate surface area is 148 Å². The summed E-state index contributed by atoms with van der Waals surface area (Å²) in [7, 11) is 1.57. The van der Waals surface area contributed by atoms with Crippen LogP contribution in [0.3, 0.4) is 0 Å². The first kappa shape index (κ1) is 18.6. The van der Waals surface area contributed by atoms with Gasteiger partial charge in [-0.25, -0.2) is 0 Å². The maximum Gasteiger partial charge on any atom is 0.303 e. The van der Waals surface area contributed by atoms with Crippen LogP contribution in [0.1, 0.15) is 24.5 Å². The van der Waals surface area contributed by atoms with Gasteiger partial charge in [0.2, 0.25) is 0 Å². The van der Waals surface area contributed by atoms with E-state index < -0.39 is 5.97 Å². The Morgan fingerprint density at radius 2 is 1.64 bits per heavy atom. The quantitative estimate of drug-likeness (QED) is 0.665. The molecule has 0 amide bonds. The molecule has 0 heterocycles. The zero-order chi connectivity index (χ0) is 18.1. The molecule has 0 spiro atoms. The molecule has 0 bridgehead atoms. The molecule has 0 aliphatic rings. The van der Waals surface area contributed by atoms with Crippen molar-refractivity contribution >= 4 is 5.97 Å². The summed E-state index contributed by atoms with van der Waals surface area (Å²) in [5, 5.41) is 8.79. The molecule has 0 saturated heterocycles. The lowest BCUT2D eigenvalue weighted by molar-refractivity contribution is -0.136. The molecule has 5 nitrogen and oxygen atoms in total. The fourth-order valence-corrected chi connectivity index (χ4v) is 2.37. The molecule has 0 fully saturated rings. The predicted octanol–water partition coefficient (Wildman–Crippen LogP) is 3.73. The second kappa shape index (κ2) is 9.57. The Morgan fingerprint density at radius 1 is 0.960 bits per heavy atom. The molecular formula is C20H24O5. The number of aliphatic carboxylic acids is 1. The van der Waals surface area contributed by atoms with Crippen LogP contribution in [-0.2, 0) is 17.6 Å². The summed E-state index contributed by atoms with van der Waals surface area (Å²) in [5.41, 5.74) is 2.17. The molecule has 5 heteroatoms. The molecule has 134 valence electrons. The number of methoxy groups -OCH3 is 1. The SMILES string of the molecule is CCc1ccc(OCCOc2cc(CCC(=O)O)ccc2OC)cc1. The number of carboxylic acids is 1. The van der Waals surface area contributed by atoms with E-state index in [9.17, 15) is 4.79 Å². The topological polar surface area (TPSA) is 65.0 Å². The van der Waals surface area contributed by atoms with Crippen LogP contribution in [0, 0.1) is 0 Å². The first-order valence-corrected chi connectivity index (χ1v) is 8.35. The summed E-state index contributed by atoms with van der Waals surface area (Å²) in [4.78, 5) is 10.7. The van der Waals surface area contributed by atoms with Gasteiger partial charge in [0, 0.05) is 6.42 Å². The molecule has 0 aliphatic carbocycles. The molecule has 0 aromatic heterocycles. The summed E-state index contributed by atoms with van der Waals surface area (Å²) >= 11 is 0. The highest BCUT2D eigenvalue weighted by Crippen LogP contribution is 2.28. The van der Waals surface area contributed by atoms with Gasteiger partial charge in [-0.2, -0.15) is 0 Å². The molecular weight excluding hydrogens is 320 g/mol. The lowest BCUT2D eigenvalue weighted by Crippen LogP contribution is -2.10. The van der Waals surface area contributed by atoms with E-state index in [1.807, 2.05) is 36.4 Å². The maximum absolute atomic E-state index is 10.7. The number of carbonyl (C=O) groups is 1. The van der Waals surface area contributed by atoms with Gasteiger partial charge >= 0.3 is 5.97 Å². The van der Waals surface area contributed by atoms with Gasteiger partial charge in [-0.3, -0.25) is 4.79 Å². The molecule has 0 unspecified atom stereocenters. The second-order valence-electron chi connectivity index (χ2n) is 5.57. The van der Waals surface area contributed by atoms with E-state index >= 15 is 0 Å². The molecule has 0 saturated carbocycles. The van der Waals surface area contributed by atoms with Gasteiger partial charge in [-0.05, 0) is 48.2 Å². The zero-order valence-corrected chi connectivity index (χ0v) is 14.7. The number of rotatable bonds is 10. The van der Waals surface area contributed by atoms with Gasteiger partial charge in [0.25, 0.3) is 0 Å². The number of aryl methyl sites for hydroxylation is 2. The first-order chi connectivity index (χ1) is 12.1. The Bertz CT molecular complexity index is 679. The summed E-state index contributed by atoms with van der Waals surface area (Å²) in [6.07, 6.45) is 1.54. The highest BCUT2D eigenvalue weighted by molar-refractivity contribution is 5.67. The van der Waals surface area contributed by atoms with Crippen molar-refractivity contribution < 1.29 is 24.1 Å². The standard InChI is InChI=1S/C20H24O5/c1-3-15-4-8-17(9-5-15)24-12-13-25-19-14-16(7-11-20(21)22)6-10-18(19)23-2/h4-6,8-10,14H,3,7,11-13H2,1-2H3,(H,21,22). The molecule has 2 aromatic rings. The predicted molar refractivity (Wildman–Crippen MR) is 95.8 cm³/mol. The average molecular weight is 344 g/mol. The molecule has 0 aliphatic heterocycles. The average Bonchev–Trinajstić information content (AvgIpc) is 2.64. The third-order valence-electron chi connectivity index (χ3n) is 3.80. The second-order valence-corrected chi connectivity index (χ2v) is 5.57. The van der Waals surface area contributed by atoms with Crippen LogP contribution < -0.4 is 14.2 Å². The molecule has 1 N–H and O–H groups in total. The van der Waals surface area contributed by atoms with Crippen LogP contribution in [0.2, 0.25) is 0 Å². The lowest BCUT2D eigenvalue weighted by Gasteiger charge is -2.13. The summed E-state index contributed by atoms with van der Waals surface area (Å²) < 4.78 is 16.7. The van der Waals surface area contributed by atoms with Crippen LogP contribution in [0.5, 0.6) is 17.2 Å². The van der Waals surface area contributed by atoms with Crippen LogP contribution in [0.25, 0.3) is 0 Å². The van der Waals surface area contributed by atoms with Crippen LogP contribution in [0.4, 0.5) is 0 Å². The normalized spacial score (nSPS) is 10.3. The highest BCUT2D eigenvalue weighted by atomic mass is 16.5. The summed E-state index contributed by atoms with van der Waals surface area (Å²) in [6, 6.07) is 13.4. The molecule has 2 rings (SSSR count). The van der Waals surface area contributed by atoms with Crippen molar-refractivity contribution in [1.29, 1.82) is 0 Å². The van der Waals surface area contributed by atoms with E-state index in [1.165, 1.54) is 5.56 Å². The summed E-state index contributed by atoms with van der Waals surface area (Å²) in [6.45, 7) is 2.89. The van der Waals surface area contributed by atoms with Crippen LogP contribution >= 0.6 is 0 Å². The number of carboxylic acid groups (broad SMARTS) is 1. The zero-order valence-electron chi connectivity index (χ0n) is 14.7. The van der Waals surface area contributed by atoms with Crippen molar-refractivity contribution in [2.75, 3.05) is 20.3 Å². The Balaban J connectivity index is 1.87. The lowest BCUT2D eigenvalue weighted by atomic mass is 10.1. The molecule has 2 aromatic carbocycles. The van der Waals surface area contributed by atoms with Crippen molar-refractivity contribution in [3.05, 3.63) is 53.6 Å². The van der Waals surface area contributed by atoms with E-state index in [4.69, 9.17) is 19.3 Å². The third kappa shape index (κ3) is 6.03. The minimum Gasteiger partial charge on any atom is -0.493 e. The Hall–Kier alpha value is -2.69. The van der Waals surface area contributed by atoms with Crippen molar-refractivity contribution in [1.82, 2.24) is 0 Å². The molecule has 0 atom stereocenters. The van der Waals surface area contributed by atoms with Crippen LogP contribution in [-0.4, -0.2) is 31.4 Å². The van der Waals surface area contributed by atoms with Gasteiger partial charge in [-0.1, -0.05) is 25.1 Å². The van der Waals surface area contributed by atoms with Gasteiger partial charge in [-0.15, -0.1) is 0 Å². The van der Waals surface area contributed by atoms with E-state index in [1.54, 1.807) is 13.2 Å². The molecule has 0 radical (unpaired) electrons. The number of hydrogen-bond acceptors (Lipinski definition) is 4. The van der Waals surface area contributed by atoms with Gasteiger partial charge in [0.15, 0.2) is 11.5 Å². The van der Waals surface area contributed by atoms with Crippen molar-refractivity contribution in [3.63, 3.8) is 0 Å².